The second-order valence-corrected chi connectivity index (χ2v) is 8.51. The van der Waals surface area contributed by atoms with Gasteiger partial charge in [-0.05, 0) is 48.4 Å². The number of aryl methyl sites for hydroxylation is 1. The summed E-state index contributed by atoms with van der Waals surface area (Å²) in [6.07, 6.45) is -1.59. The lowest BCUT2D eigenvalue weighted by Crippen LogP contribution is -2.29. The number of aliphatic hydroxyl groups excluding tert-OH is 1. The average molecular weight is 529 g/mol. The first kappa shape index (κ1) is 25.9. The highest BCUT2D eigenvalue weighted by Gasteiger charge is 2.28. The van der Waals surface area contributed by atoms with Gasteiger partial charge in [-0.15, -0.1) is 5.10 Å². The predicted molar refractivity (Wildman–Crippen MR) is 130 cm³/mol. The molecule has 0 bridgehead atoms. The average Bonchev–Trinajstić information content (AvgIpc) is 2.88. The van der Waals surface area contributed by atoms with E-state index in [1.54, 1.807) is 24.3 Å². The number of anilines is 1. The number of carboxylic acids is 1. The first-order valence-electron chi connectivity index (χ1n) is 11.0. The molecule has 0 unspecified atom stereocenters. The number of rotatable bonds is 8. The zero-order valence-electron chi connectivity index (χ0n) is 18.9. The van der Waals surface area contributed by atoms with Crippen molar-refractivity contribution in [3.8, 4) is 0 Å². The Morgan fingerprint density at radius 2 is 1.76 bits per heavy atom. The fraction of sp³-hybridized carbons (Fsp3) is 0.160. The number of aromatic nitrogens is 3. The number of amides is 1. The molecule has 4 rings (SSSR count). The van der Waals surface area contributed by atoms with Crippen LogP contribution in [-0.2, 0) is 11.3 Å². The summed E-state index contributed by atoms with van der Waals surface area (Å²) in [7, 11) is 0. The van der Waals surface area contributed by atoms with Crippen molar-refractivity contribution in [1.82, 2.24) is 15.0 Å². The number of hydrogen-bond donors (Lipinski definition) is 3. The molecule has 4 aromatic rings. The molecule has 12 heteroatoms. The Kier molecular flexibility index (Phi) is 7.55. The molecule has 1 aromatic heterocycles. The van der Waals surface area contributed by atoms with Crippen LogP contribution in [-0.4, -0.2) is 37.1 Å². The Hall–Kier alpha value is -4.22. The van der Waals surface area contributed by atoms with Gasteiger partial charge in [-0.25, -0.2) is 13.5 Å². The molecule has 3 N–H and O–H groups in total. The topological polar surface area (TPSA) is 134 Å². The molecule has 0 aliphatic carbocycles. The number of nitrogens with one attached hydrogen (secondary N) is 1. The number of hydrogen-bond acceptors (Lipinski definition) is 6. The molecular formula is C25H19ClF2N4O5. The number of nitrogens with zero attached hydrogens (tertiary/aromatic N) is 3. The van der Waals surface area contributed by atoms with Crippen molar-refractivity contribution in [2.24, 2.45) is 5.92 Å². The maximum Gasteiger partial charge on any atom is 0.309 e. The lowest BCUT2D eigenvalue weighted by atomic mass is 9.92. The predicted octanol–water partition coefficient (Wildman–Crippen LogP) is 3.80. The Bertz CT molecular complexity index is 1540. The van der Waals surface area contributed by atoms with E-state index in [1.807, 2.05) is 0 Å². The van der Waals surface area contributed by atoms with Crippen LogP contribution in [0.5, 0.6) is 0 Å². The number of carbonyl (C=O) groups is 2. The molecule has 0 saturated carbocycles. The van der Waals surface area contributed by atoms with Crippen LogP contribution in [0, 0.1) is 17.6 Å². The highest BCUT2D eigenvalue weighted by molar-refractivity contribution is 6.31. The molecule has 0 fully saturated rings. The van der Waals surface area contributed by atoms with E-state index in [0.717, 1.165) is 16.8 Å². The van der Waals surface area contributed by atoms with Gasteiger partial charge in [0.05, 0.1) is 22.4 Å². The molecule has 0 aliphatic rings. The summed E-state index contributed by atoms with van der Waals surface area (Å²) in [5.41, 5.74) is -0.523. The lowest BCUT2D eigenvalue weighted by Gasteiger charge is -2.20. The normalized spacial score (nSPS) is 12.8. The third kappa shape index (κ3) is 5.47. The monoisotopic (exact) mass is 528 g/mol. The number of benzene rings is 3. The Morgan fingerprint density at radius 1 is 1.05 bits per heavy atom. The summed E-state index contributed by atoms with van der Waals surface area (Å²) in [4.78, 5) is 36.8. The molecule has 9 nitrogen and oxygen atoms in total. The molecule has 1 heterocycles. The van der Waals surface area contributed by atoms with E-state index in [4.69, 9.17) is 11.6 Å². The summed E-state index contributed by atoms with van der Waals surface area (Å²) in [6.45, 7) is -0.102. The summed E-state index contributed by atoms with van der Waals surface area (Å²) in [5, 5.41) is 30.4. The van der Waals surface area contributed by atoms with Gasteiger partial charge in [0.15, 0.2) is 5.82 Å². The van der Waals surface area contributed by atoms with Crippen molar-refractivity contribution >= 4 is 40.1 Å². The van der Waals surface area contributed by atoms with Crippen molar-refractivity contribution in [3.63, 3.8) is 0 Å². The van der Waals surface area contributed by atoms with Crippen LogP contribution in [0.1, 0.15) is 28.4 Å². The molecule has 0 aliphatic heterocycles. The van der Waals surface area contributed by atoms with Crippen molar-refractivity contribution in [3.05, 3.63) is 98.8 Å². The van der Waals surface area contributed by atoms with E-state index < -0.39 is 51.7 Å². The van der Waals surface area contributed by atoms with Crippen LogP contribution in [0.15, 0.2) is 65.5 Å². The van der Waals surface area contributed by atoms with Gasteiger partial charge in [-0.3, -0.25) is 14.4 Å². The number of fused-ring (bicyclic) bond motifs is 1. The van der Waals surface area contributed by atoms with Crippen molar-refractivity contribution in [1.29, 1.82) is 0 Å². The van der Waals surface area contributed by atoms with E-state index in [2.05, 4.69) is 15.6 Å². The van der Waals surface area contributed by atoms with Gasteiger partial charge in [0.2, 0.25) is 0 Å². The van der Waals surface area contributed by atoms with E-state index in [0.29, 0.717) is 10.9 Å². The zero-order chi connectivity index (χ0) is 26.7. The number of halogens is 3. The van der Waals surface area contributed by atoms with Gasteiger partial charge in [-0.2, -0.15) is 0 Å². The molecule has 0 saturated heterocycles. The minimum atomic E-state index is -1.46. The Morgan fingerprint density at radius 3 is 2.46 bits per heavy atom. The molecule has 0 radical (unpaired) electrons. The number of aliphatic carboxylic acids is 1. The van der Waals surface area contributed by atoms with Crippen LogP contribution < -0.4 is 10.9 Å². The molecule has 1 amide bonds. The maximum atomic E-state index is 14.1. The highest BCUT2D eigenvalue weighted by Crippen LogP contribution is 2.27. The van der Waals surface area contributed by atoms with Crippen LogP contribution in [0.25, 0.3) is 10.9 Å². The van der Waals surface area contributed by atoms with Crippen LogP contribution in [0.4, 0.5) is 14.5 Å². The maximum absolute atomic E-state index is 14.1. The van der Waals surface area contributed by atoms with Gasteiger partial charge in [-0.1, -0.05) is 41.1 Å². The Labute approximate surface area is 212 Å². The Balaban J connectivity index is 1.47. The van der Waals surface area contributed by atoms with Crippen molar-refractivity contribution < 1.29 is 28.6 Å². The highest BCUT2D eigenvalue weighted by atomic mass is 35.5. The lowest BCUT2D eigenvalue weighted by molar-refractivity contribution is -0.146. The molecular weight excluding hydrogens is 510 g/mol. The number of carboxylic acid groups (broad SMARTS) is 1. The van der Waals surface area contributed by atoms with Crippen LogP contribution in [0.3, 0.4) is 0 Å². The van der Waals surface area contributed by atoms with Crippen molar-refractivity contribution in [2.45, 2.75) is 19.1 Å². The quantitative estimate of drug-likeness (QED) is 0.296. The van der Waals surface area contributed by atoms with Gasteiger partial charge < -0.3 is 15.5 Å². The molecule has 3 aromatic carbocycles. The summed E-state index contributed by atoms with van der Waals surface area (Å²) in [6, 6.07) is 13.9. The summed E-state index contributed by atoms with van der Waals surface area (Å²) >= 11 is 5.62. The SMILES string of the molecule is O=C(Nc1ccc([C@@H](O)[C@H](CCn2nnc3ccccc3c2=O)C(=O)O)cc1)c1c(F)ccc(Cl)c1F. The minimum Gasteiger partial charge on any atom is -0.481 e. The molecule has 190 valence electrons. The van der Waals surface area contributed by atoms with E-state index in [1.165, 1.54) is 24.3 Å². The van der Waals surface area contributed by atoms with Crippen molar-refractivity contribution in [2.75, 3.05) is 5.32 Å². The van der Waals surface area contributed by atoms with Gasteiger partial charge >= 0.3 is 5.97 Å². The smallest absolute Gasteiger partial charge is 0.309 e. The van der Waals surface area contributed by atoms with E-state index >= 15 is 0 Å². The fourth-order valence-electron chi connectivity index (χ4n) is 3.77. The fourth-order valence-corrected chi connectivity index (χ4v) is 3.93. The van der Waals surface area contributed by atoms with Crippen LogP contribution >= 0.6 is 11.6 Å². The van der Waals surface area contributed by atoms with E-state index in [9.17, 15) is 33.4 Å². The van der Waals surface area contributed by atoms with Gasteiger partial charge in [0, 0.05) is 12.2 Å². The zero-order valence-corrected chi connectivity index (χ0v) is 19.7. The van der Waals surface area contributed by atoms with Gasteiger partial charge in [0.1, 0.15) is 16.9 Å². The second-order valence-electron chi connectivity index (χ2n) is 8.11. The third-order valence-corrected chi connectivity index (χ3v) is 6.05. The van der Waals surface area contributed by atoms with Gasteiger partial charge in [0.25, 0.3) is 11.5 Å². The standard InChI is InChI=1S/C25H19ClF2N4O5/c26-17-9-10-18(27)20(21(17)28)23(34)29-14-7-5-13(6-8-14)22(33)16(25(36)37)11-12-32-24(35)15-3-1-2-4-19(15)30-31-32/h1-10,16,22,33H,11-12H2,(H,29,34)(H,36,37)/t16-,22+/m0/s1. The first-order valence-corrected chi connectivity index (χ1v) is 11.3. The summed E-state index contributed by atoms with van der Waals surface area (Å²) < 4.78 is 29.1. The molecule has 37 heavy (non-hydrogen) atoms. The minimum absolute atomic E-state index is 0.102. The van der Waals surface area contributed by atoms with E-state index in [-0.39, 0.29) is 24.2 Å². The molecule has 0 spiro atoms. The first-order chi connectivity index (χ1) is 17.7. The third-order valence-electron chi connectivity index (χ3n) is 5.76. The van der Waals surface area contributed by atoms with Crippen LogP contribution in [0.2, 0.25) is 5.02 Å². The number of aliphatic hydroxyl groups is 1. The second kappa shape index (κ2) is 10.8. The number of carbonyl (C=O) groups excluding carboxylic acids is 1. The largest absolute Gasteiger partial charge is 0.481 e. The molecule has 2 atom stereocenters. The summed E-state index contributed by atoms with van der Waals surface area (Å²) in [5.74, 6) is -5.96.